The van der Waals surface area contributed by atoms with Crippen molar-refractivity contribution < 1.29 is 9.53 Å². The zero-order valence-electron chi connectivity index (χ0n) is 14.6. The minimum Gasteiger partial charge on any atom is -0.367 e. The minimum absolute atomic E-state index is 0.148. The summed E-state index contributed by atoms with van der Waals surface area (Å²) in [5, 5.41) is 12.4. The lowest BCUT2D eigenvalue weighted by Gasteiger charge is -2.48. The molecule has 5 heterocycles. The summed E-state index contributed by atoms with van der Waals surface area (Å²) in [5.74, 6) is 2.08. The van der Waals surface area contributed by atoms with E-state index >= 15 is 0 Å². The van der Waals surface area contributed by atoms with E-state index < -0.39 is 0 Å². The lowest BCUT2D eigenvalue weighted by atomic mass is 9.93. The van der Waals surface area contributed by atoms with Gasteiger partial charge in [0.05, 0.1) is 10.9 Å². The number of aromatic nitrogens is 4. The molecule has 0 aromatic carbocycles. The van der Waals surface area contributed by atoms with Crippen molar-refractivity contribution in [2.45, 2.75) is 30.1 Å². The Kier molecular flexibility index (Phi) is 4.00. The molecule has 1 amide bonds. The molecule has 138 valence electrons. The van der Waals surface area contributed by atoms with Gasteiger partial charge in [-0.15, -0.1) is 27.1 Å². The van der Waals surface area contributed by atoms with Gasteiger partial charge in [0, 0.05) is 31.9 Å². The molecule has 1 atom stereocenters. The molecule has 0 radical (unpaired) electrons. The Bertz CT molecular complexity index is 814. The Hall–Kier alpha value is -1.87. The van der Waals surface area contributed by atoms with E-state index in [1.165, 1.54) is 0 Å². The second kappa shape index (κ2) is 6.38. The van der Waals surface area contributed by atoms with Crippen LogP contribution in [0.4, 0.5) is 5.82 Å². The second-order valence-electron chi connectivity index (χ2n) is 7.40. The fourth-order valence-corrected chi connectivity index (χ4v) is 5.63. The normalized spacial score (nSPS) is 24.5. The van der Waals surface area contributed by atoms with Gasteiger partial charge in [-0.05, 0) is 31.4 Å². The molecule has 3 aliphatic rings. The van der Waals surface area contributed by atoms with E-state index in [1.807, 2.05) is 28.8 Å². The molecule has 8 nitrogen and oxygen atoms in total. The summed E-state index contributed by atoms with van der Waals surface area (Å²) in [6.45, 7) is 3.96. The summed E-state index contributed by atoms with van der Waals surface area (Å²) in [7, 11) is 0. The average Bonchev–Trinajstić information content (AvgIpc) is 3.37. The number of carbonyl (C=O) groups excluding carboxylic acids is 1. The number of nitrogens with zero attached hydrogens (tertiary/aromatic N) is 6. The number of ether oxygens (including phenoxy) is 1. The van der Waals surface area contributed by atoms with Crippen LogP contribution in [0, 0.1) is 0 Å². The van der Waals surface area contributed by atoms with Crippen molar-refractivity contribution in [2.75, 3.05) is 43.4 Å². The van der Waals surface area contributed by atoms with E-state index in [-0.39, 0.29) is 23.4 Å². The van der Waals surface area contributed by atoms with Crippen LogP contribution in [0.2, 0.25) is 0 Å². The highest BCUT2D eigenvalue weighted by Crippen LogP contribution is 2.47. The maximum absolute atomic E-state index is 12.1. The predicted octanol–water partition coefficient (Wildman–Crippen LogP) is 0.828. The molecule has 2 aromatic rings. The van der Waals surface area contributed by atoms with E-state index in [2.05, 4.69) is 20.2 Å². The van der Waals surface area contributed by atoms with Crippen LogP contribution in [-0.2, 0) is 9.53 Å². The topological polar surface area (TPSA) is 75.9 Å². The van der Waals surface area contributed by atoms with Gasteiger partial charge >= 0.3 is 0 Å². The predicted molar refractivity (Wildman–Crippen MR) is 98.4 cm³/mol. The number of thioether (sulfide) groups is 1. The molecule has 26 heavy (non-hydrogen) atoms. The van der Waals surface area contributed by atoms with Crippen LogP contribution in [0.25, 0.3) is 5.65 Å². The van der Waals surface area contributed by atoms with Gasteiger partial charge in [0.1, 0.15) is 18.8 Å². The molecule has 0 N–H and O–H groups in total. The molecular formula is C17H22N6O2S. The summed E-state index contributed by atoms with van der Waals surface area (Å²) in [6.07, 6.45) is 5.07. The van der Waals surface area contributed by atoms with E-state index in [0.29, 0.717) is 0 Å². The number of likely N-dealkylation sites (tertiary alicyclic amines) is 1. The fourth-order valence-electron chi connectivity index (χ4n) is 4.08. The van der Waals surface area contributed by atoms with Gasteiger partial charge < -0.3 is 14.5 Å². The minimum atomic E-state index is 0.148. The first-order valence-corrected chi connectivity index (χ1v) is 10.1. The Balaban J connectivity index is 1.14. The first kappa shape index (κ1) is 16.3. The van der Waals surface area contributed by atoms with E-state index in [9.17, 15) is 4.79 Å². The fraction of sp³-hybridized carbons (Fsp3) is 0.647. The third kappa shape index (κ3) is 2.92. The number of hydrogen-bond acceptors (Lipinski definition) is 7. The summed E-state index contributed by atoms with van der Waals surface area (Å²) in [6, 6.07) is 3.94. The first-order valence-electron chi connectivity index (χ1n) is 9.16. The number of carbonyl (C=O) groups is 1. The van der Waals surface area contributed by atoms with Gasteiger partial charge in [0.2, 0.25) is 5.91 Å². The molecular weight excluding hydrogens is 352 g/mol. The SMILES string of the molecule is O=C(COC1CSC2(C1)CN(c1ccc3nncn3n1)C2)N1CCCC1. The highest BCUT2D eigenvalue weighted by molar-refractivity contribution is 8.01. The van der Waals surface area contributed by atoms with E-state index in [0.717, 1.165) is 62.7 Å². The summed E-state index contributed by atoms with van der Waals surface area (Å²) >= 11 is 1.98. The van der Waals surface area contributed by atoms with Crippen molar-refractivity contribution in [1.29, 1.82) is 0 Å². The van der Waals surface area contributed by atoms with E-state index in [1.54, 1.807) is 10.8 Å². The number of anilines is 1. The van der Waals surface area contributed by atoms with Crippen LogP contribution in [0.15, 0.2) is 18.5 Å². The summed E-state index contributed by atoms with van der Waals surface area (Å²) < 4.78 is 7.88. The molecule has 3 fully saturated rings. The number of hydrogen-bond donors (Lipinski definition) is 0. The van der Waals surface area contributed by atoms with Gasteiger partial charge in [-0.3, -0.25) is 4.79 Å². The van der Waals surface area contributed by atoms with Crippen LogP contribution < -0.4 is 4.90 Å². The zero-order valence-corrected chi connectivity index (χ0v) is 15.4. The highest BCUT2D eigenvalue weighted by Gasteiger charge is 2.50. The van der Waals surface area contributed by atoms with Crippen LogP contribution in [0.5, 0.6) is 0 Å². The molecule has 0 saturated carbocycles. The van der Waals surface area contributed by atoms with Crippen LogP contribution in [0.1, 0.15) is 19.3 Å². The third-order valence-electron chi connectivity index (χ3n) is 5.51. The van der Waals surface area contributed by atoms with Crippen LogP contribution in [-0.4, -0.2) is 80.0 Å². The van der Waals surface area contributed by atoms with Crippen molar-refractivity contribution in [1.82, 2.24) is 24.7 Å². The van der Waals surface area contributed by atoms with Crippen molar-refractivity contribution >= 4 is 29.1 Å². The lowest BCUT2D eigenvalue weighted by Crippen LogP contribution is -2.59. The largest absolute Gasteiger partial charge is 0.367 e. The standard InChI is InChI=1S/C17H22N6O2S/c24-16(21-5-1-2-6-21)8-25-13-7-17(26-9-13)10-22(11-17)15-4-3-14-19-18-12-23(14)20-15/h3-4,12-13H,1-2,5-11H2. The molecule has 1 spiro atoms. The maximum atomic E-state index is 12.1. The van der Waals surface area contributed by atoms with Gasteiger partial charge in [-0.25, -0.2) is 0 Å². The van der Waals surface area contributed by atoms with Crippen LogP contribution >= 0.6 is 11.8 Å². The Morgan fingerprint density at radius 3 is 3.00 bits per heavy atom. The van der Waals surface area contributed by atoms with Gasteiger partial charge in [-0.2, -0.15) is 4.52 Å². The molecule has 3 saturated heterocycles. The molecule has 0 aliphatic carbocycles. The monoisotopic (exact) mass is 374 g/mol. The van der Waals surface area contributed by atoms with Crippen LogP contribution in [0.3, 0.4) is 0 Å². The first-order chi connectivity index (χ1) is 12.7. The summed E-state index contributed by atoms with van der Waals surface area (Å²) in [5.41, 5.74) is 0.760. The lowest BCUT2D eigenvalue weighted by molar-refractivity contribution is -0.136. The zero-order chi connectivity index (χ0) is 17.6. The second-order valence-corrected chi connectivity index (χ2v) is 8.89. The number of rotatable bonds is 4. The van der Waals surface area contributed by atoms with Crippen molar-refractivity contribution in [3.8, 4) is 0 Å². The quantitative estimate of drug-likeness (QED) is 0.784. The van der Waals surface area contributed by atoms with Gasteiger partial charge in [-0.1, -0.05) is 0 Å². The molecule has 1 unspecified atom stereocenters. The summed E-state index contributed by atoms with van der Waals surface area (Å²) in [4.78, 5) is 16.3. The van der Waals surface area contributed by atoms with Crippen molar-refractivity contribution in [3.63, 3.8) is 0 Å². The number of amides is 1. The molecule has 5 rings (SSSR count). The molecule has 3 aliphatic heterocycles. The average molecular weight is 374 g/mol. The van der Waals surface area contributed by atoms with Crippen molar-refractivity contribution in [2.24, 2.45) is 0 Å². The molecule has 9 heteroatoms. The van der Waals surface area contributed by atoms with Crippen molar-refractivity contribution in [3.05, 3.63) is 18.5 Å². The molecule has 2 aromatic heterocycles. The Morgan fingerprint density at radius 2 is 2.15 bits per heavy atom. The smallest absolute Gasteiger partial charge is 0.248 e. The third-order valence-corrected chi connectivity index (χ3v) is 7.08. The maximum Gasteiger partial charge on any atom is 0.248 e. The van der Waals surface area contributed by atoms with E-state index in [4.69, 9.17) is 4.74 Å². The molecule has 0 bridgehead atoms. The van der Waals surface area contributed by atoms with Gasteiger partial charge in [0.15, 0.2) is 5.65 Å². The highest BCUT2D eigenvalue weighted by atomic mass is 32.2. The van der Waals surface area contributed by atoms with Gasteiger partial charge in [0.25, 0.3) is 0 Å². The Labute approximate surface area is 155 Å². The Morgan fingerprint density at radius 1 is 1.31 bits per heavy atom. The number of fused-ring (bicyclic) bond motifs is 1.